The summed E-state index contributed by atoms with van der Waals surface area (Å²) in [6.45, 7) is 1.90. The van der Waals surface area contributed by atoms with Crippen molar-refractivity contribution < 1.29 is 14.7 Å². The van der Waals surface area contributed by atoms with Crippen molar-refractivity contribution >= 4 is 23.4 Å². The summed E-state index contributed by atoms with van der Waals surface area (Å²) in [7, 11) is 0. The van der Waals surface area contributed by atoms with Gasteiger partial charge in [0.15, 0.2) is 0 Å². The summed E-state index contributed by atoms with van der Waals surface area (Å²) >= 11 is 5.85. The molecule has 0 aliphatic carbocycles. The number of carbonyl (C=O) groups excluding carboxylic acids is 2. The summed E-state index contributed by atoms with van der Waals surface area (Å²) in [6.07, 6.45) is 0.324. The molecule has 5 nitrogen and oxygen atoms in total. The summed E-state index contributed by atoms with van der Waals surface area (Å²) < 4.78 is 0. The lowest BCUT2D eigenvalue weighted by atomic mass is 10.1. The molecular weight excluding hydrogens is 340 g/mol. The molecule has 0 unspecified atom stereocenters. The van der Waals surface area contributed by atoms with Gasteiger partial charge in [0.2, 0.25) is 5.91 Å². The second-order valence-corrected chi connectivity index (χ2v) is 6.43. The minimum absolute atomic E-state index is 0.0197. The van der Waals surface area contributed by atoms with Crippen molar-refractivity contribution in [3.63, 3.8) is 0 Å². The molecule has 1 N–H and O–H groups in total. The molecule has 2 amide bonds. The van der Waals surface area contributed by atoms with Crippen LogP contribution in [0.1, 0.15) is 15.9 Å². The fraction of sp³-hybridized carbons (Fsp3) is 0.263. The first-order valence-corrected chi connectivity index (χ1v) is 8.52. The monoisotopic (exact) mass is 358 g/mol. The molecule has 2 aromatic carbocycles. The van der Waals surface area contributed by atoms with Gasteiger partial charge < -0.3 is 14.9 Å². The highest BCUT2D eigenvalue weighted by atomic mass is 35.5. The Morgan fingerprint density at radius 3 is 2.16 bits per heavy atom. The molecule has 0 radical (unpaired) electrons. The highest BCUT2D eigenvalue weighted by Gasteiger charge is 2.25. The Balaban J connectivity index is 1.56. The Labute approximate surface area is 151 Å². The lowest BCUT2D eigenvalue weighted by molar-refractivity contribution is -0.131. The zero-order chi connectivity index (χ0) is 17.8. The Bertz CT molecular complexity index is 768. The predicted octanol–water partition coefficient (Wildman–Crippen LogP) is 2.57. The van der Waals surface area contributed by atoms with Crippen LogP contribution in [0.4, 0.5) is 0 Å². The Kier molecular flexibility index (Phi) is 5.24. The fourth-order valence-electron chi connectivity index (χ4n) is 2.87. The summed E-state index contributed by atoms with van der Waals surface area (Å²) in [5.74, 6) is -0.186. The van der Waals surface area contributed by atoms with E-state index in [0.29, 0.717) is 43.2 Å². The van der Waals surface area contributed by atoms with Crippen molar-refractivity contribution in [1.29, 1.82) is 0 Å². The van der Waals surface area contributed by atoms with E-state index in [9.17, 15) is 14.7 Å². The van der Waals surface area contributed by atoms with E-state index in [2.05, 4.69) is 0 Å². The van der Waals surface area contributed by atoms with Crippen molar-refractivity contribution in [2.45, 2.75) is 6.42 Å². The highest BCUT2D eigenvalue weighted by molar-refractivity contribution is 6.30. The third-order valence-electron chi connectivity index (χ3n) is 4.32. The smallest absolute Gasteiger partial charge is 0.257 e. The molecule has 0 spiro atoms. The van der Waals surface area contributed by atoms with Crippen molar-refractivity contribution in [2.75, 3.05) is 26.2 Å². The van der Waals surface area contributed by atoms with Gasteiger partial charge in [-0.1, -0.05) is 35.9 Å². The quantitative estimate of drug-likeness (QED) is 0.917. The first-order valence-electron chi connectivity index (χ1n) is 8.14. The van der Waals surface area contributed by atoms with Gasteiger partial charge in [0, 0.05) is 31.2 Å². The van der Waals surface area contributed by atoms with Gasteiger partial charge >= 0.3 is 0 Å². The third kappa shape index (κ3) is 4.12. The number of piperazine rings is 1. The third-order valence-corrected chi connectivity index (χ3v) is 4.57. The van der Waals surface area contributed by atoms with Gasteiger partial charge in [-0.3, -0.25) is 9.59 Å². The largest absolute Gasteiger partial charge is 0.507 e. The summed E-state index contributed by atoms with van der Waals surface area (Å²) in [6, 6.07) is 13.7. The van der Waals surface area contributed by atoms with Gasteiger partial charge in [0.1, 0.15) is 5.75 Å². The van der Waals surface area contributed by atoms with Crippen LogP contribution in [-0.2, 0) is 11.2 Å². The number of benzene rings is 2. The van der Waals surface area contributed by atoms with E-state index < -0.39 is 0 Å². The van der Waals surface area contributed by atoms with Gasteiger partial charge in [-0.2, -0.15) is 0 Å². The van der Waals surface area contributed by atoms with E-state index in [4.69, 9.17) is 11.6 Å². The number of amides is 2. The number of hydrogen-bond donors (Lipinski definition) is 1. The van der Waals surface area contributed by atoms with Gasteiger partial charge in [-0.05, 0) is 29.8 Å². The molecule has 1 saturated heterocycles. The summed E-state index contributed by atoms with van der Waals surface area (Å²) in [5, 5.41) is 10.5. The predicted molar refractivity (Wildman–Crippen MR) is 95.7 cm³/mol. The maximum absolute atomic E-state index is 12.5. The van der Waals surface area contributed by atoms with Crippen LogP contribution >= 0.6 is 11.6 Å². The van der Waals surface area contributed by atoms with E-state index >= 15 is 0 Å². The van der Waals surface area contributed by atoms with Crippen LogP contribution in [0.25, 0.3) is 0 Å². The molecule has 1 aliphatic rings. The van der Waals surface area contributed by atoms with Gasteiger partial charge in [0.25, 0.3) is 5.91 Å². The van der Waals surface area contributed by atoms with E-state index in [-0.39, 0.29) is 17.6 Å². The number of phenolic OH excluding ortho intramolecular Hbond substituents is 1. The minimum atomic E-state index is -0.206. The van der Waals surface area contributed by atoms with Crippen LogP contribution in [0.15, 0.2) is 48.5 Å². The molecule has 6 heteroatoms. The Morgan fingerprint density at radius 2 is 1.52 bits per heavy atom. The SMILES string of the molecule is O=C(Cc1ccc(Cl)cc1)N1CCN(C(=O)c2ccccc2O)CC1. The number of nitrogens with zero attached hydrogens (tertiary/aromatic N) is 2. The van der Waals surface area contributed by atoms with Crippen molar-refractivity contribution in [1.82, 2.24) is 9.80 Å². The van der Waals surface area contributed by atoms with Crippen LogP contribution < -0.4 is 0 Å². The molecule has 0 saturated carbocycles. The standard InChI is InChI=1S/C19H19ClN2O3/c20-15-7-5-14(6-8-15)13-18(24)21-9-11-22(12-10-21)19(25)16-3-1-2-4-17(16)23/h1-8,23H,9-13H2. The maximum Gasteiger partial charge on any atom is 0.257 e. The van der Waals surface area contributed by atoms with Crippen molar-refractivity contribution in [3.05, 3.63) is 64.7 Å². The molecule has 0 atom stereocenters. The fourth-order valence-corrected chi connectivity index (χ4v) is 3.00. The number of para-hydroxylation sites is 1. The molecule has 1 heterocycles. The molecule has 130 valence electrons. The van der Waals surface area contributed by atoms with Gasteiger partial charge in [-0.25, -0.2) is 0 Å². The Morgan fingerprint density at radius 1 is 0.920 bits per heavy atom. The maximum atomic E-state index is 12.5. The Hall–Kier alpha value is -2.53. The number of phenols is 1. The molecule has 25 heavy (non-hydrogen) atoms. The summed E-state index contributed by atoms with van der Waals surface area (Å²) in [5.41, 5.74) is 1.21. The van der Waals surface area contributed by atoms with Crippen LogP contribution in [0, 0.1) is 0 Å². The van der Waals surface area contributed by atoms with Crippen LogP contribution in [0.2, 0.25) is 5.02 Å². The van der Waals surface area contributed by atoms with Gasteiger partial charge in [-0.15, -0.1) is 0 Å². The number of aromatic hydroxyl groups is 1. The molecule has 1 aliphatic heterocycles. The molecule has 2 aromatic rings. The second-order valence-electron chi connectivity index (χ2n) is 5.99. The molecule has 0 aromatic heterocycles. The molecule has 3 rings (SSSR count). The number of halogens is 1. The van der Waals surface area contributed by atoms with E-state index in [1.54, 1.807) is 40.1 Å². The second kappa shape index (κ2) is 7.57. The number of rotatable bonds is 3. The molecule has 0 bridgehead atoms. The van der Waals surface area contributed by atoms with Crippen molar-refractivity contribution in [2.24, 2.45) is 0 Å². The average molecular weight is 359 g/mol. The van der Waals surface area contributed by atoms with Crippen molar-refractivity contribution in [3.8, 4) is 5.75 Å². The minimum Gasteiger partial charge on any atom is -0.507 e. The topological polar surface area (TPSA) is 60.9 Å². The molecule has 1 fully saturated rings. The van der Waals surface area contributed by atoms with Crippen LogP contribution in [0.3, 0.4) is 0 Å². The highest BCUT2D eigenvalue weighted by Crippen LogP contribution is 2.19. The first-order chi connectivity index (χ1) is 12.0. The normalized spacial score (nSPS) is 14.4. The summed E-state index contributed by atoms with van der Waals surface area (Å²) in [4.78, 5) is 28.3. The number of carbonyl (C=O) groups is 2. The first kappa shape index (κ1) is 17.3. The lowest BCUT2D eigenvalue weighted by Gasteiger charge is -2.35. The van der Waals surface area contributed by atoms with E-state index in [0.717, 1.165) is 5.56 Å². The van der Waals surface area contributed by atoms with Crippen LogP contribution in [0.5, 0.6) is 5.75 Å². The van der Waals surface area contributed by atoms with Crippen LogP contribution in [-0.4, -0.2) is 52.9 Å². The average Bonchev–Trinajstić information content (AvgIpc) is 2.63. The number of hydrogen-bond acceptors (Lipinski definition) is 3. The zero-order valence-corrected chi connectivity index (χ0v) is 14.4. The van der Waals surface area contributed by atoms with E-state index in [1.807, 2.05) is 12.1 Å². The molecular formula is C19H19ClN2O3. The van der Waals surface area contributed by atoms with E-state index in [1.165, 1.54) is 6.07 Å². The van der Waals surface area contributed by atoms with Gasteiger partial charge in [0.05, 0.1) is 12.0 Å². The lowest BCUT2D eigenvalue weighted by Crippen LogP contribution is -2.51. The zero-order valence-electron chi connectivity index (χ0n) is 13.7.